The van der Waals surface area contributed by atoms with Crippen molar-refractivity contribution in [2.45, 2.75) is 0 Å². The third-order valence-corrected chi connectivity index (χ3v) is 3.89. The Bertz CT molecular complexity index is 722. The van der Waals surface area contributed by atoms with Gasteiger partial charge in [0, 0.05) is 0 Å². The van der Waals surface area contributed by atoms with Crippen LogP contribution >= 0.6 is 23.1 Å². The van der Waals surface area contributed by atoms with Crippen molar-refractivity contribution in [3.63, 3.8) is 0 Å². The first-order valence-corrected chi connectivity index (χ1v) is 7.01. The van der Waals surface area contributed by atoms with Gasteiger partial charge in [-0.3, -0.25) is 14.9 Å². The van der Waals surface area contributed by atoms with Crippen LogP contribution in [-0.2, 0) is 4.79 Å². The molecule has 1 aliphatic rings. The molecule has 9 nitrogen and oxygen atoms in total. The molecule has 3 rings (SSSR count). The smallest absolute Gasteiger partial charge is 0.398 e. The maximum atomic E-state index is 11.0. The van der Waals surface area contributed by atoms with Gasteiger partial charge in [0.05, 0.1) is 11.8 Å². The van der Waals surface area contributed by atoms with Gasteiger partial charge in [-0.05, 0) is 6.07 Å². The van der Waals surface area contributed by atoms with E-state index in [4.69, 9.17) is 4.42 Å². The fraction of sp³-hybridized carbons (Fsp3) is 0.111. The molecule has 102 valence electrons. The standard InChI is InChI=1S/C9H5N5O4S2/c15-5-3-19-8(10-5)11-9-13-12-7(20-9)4-1-2-6(18-4)14(16)17/h1-2H,3H2,(H,10,11,13,15). The van der Waals surface area contributed by atoms with E-state index in [1.807, 2.05) is 0 Å². The Kier molecular flexibility index (Phi) is 3.20. The highest BCUT2D eigenvalue weighted by molar-refractivity contribution is 8.15. The number of nitrogens with zero attached hydrogens (tertiary/aromatic N) is 4. The summed E-state index contributed by atoms with van der Waals surface area (Å²) in [5, 5.41) is 21.9. The Hall–Kier alpha value is -2.27. The molecular weight excluding hydrogens is 306 g/mol. The zero-order chi connectivity index (χ0) is 14.1. The lowest BCUT2D eigenvalue weighted by Gasteiger charge is -1.90. The molecule has 0 aromatic carbocycles. The number of hydrogen-bond acceptors (Lipinski definition) is 9. The second-order valence-corrected chi connectivity index (χ2v) is 5.46. The van der Waals surface area contributed by atoms with E-state index in [0.717, 1.165) is 11.3 Å². The van der Waals surface area contributed by atoms with E-state index < -0.39 is 4.92 Å². The first kappa shape index (κ1) is 12.7. The number of carbonyl (C=O) groups excluding carboxylic acids is 1. The molecule has 20 heavy (non-hydrogen) atoms. The molecule has 1 N–H and O–H groups in total. The van der Waals surface area contributed by atoms with Crippen LogP contribution in [0.5, 0.6) is 0 Å². The fourth-order valence-electron chi connectivity index (χ4n) is 1.37. The molecule has 2 aromatic rings. The maximum Gasteiger partial charge on any atom is 0.433 e. The molecule has 0 radical (unpaired) electrons. The lowest BCUT2D eigenvalue weighted by Crippen LogP contribution is -2.19. The first-order valence-electron chi connectivity index (χ1n) is 5.21. The van der Waals surface area contributed by atoms with E-state index in [2.05, 4.69) is 20.5 Å². The number of furan rings is 1. The lowest BCUT2D eigenvalue weighted by molar-refractivity contribution is -0.401. The van der Waals surface area contributed by atoms with Crippen LogP contribution < -0.4 is 5.32 Å². The Balaban J connectivity index is 1.82. The van der Waals surface area contributed by atoms with Crippen LogP contribution in [0.4, 0.5) is 11.0 Å². The second kappa shape index (κ2) is 5.02. The highest BCUT2D eigenvalue weighted by atomic mass is 32.2. The van der Waals surface area contributed by atoms with Crippen molar-refractivity contribution in [2.24, 2.45) is 4.99 Å². The number of aromatic nitrogens is 2. The van der Waals surface area contributed by atoms with Gasteiger partial charge in [-0.1, -0.05) is 23.1 Å². The number of hydrogen-bond donors (Lipinski definition) is 1. The normalized spacial score (nSPS) is 16.6. The predicted molar refractivity (Wildman–Crippen MR) is 72.0 cm³/mol. The molecule has 2 aromatic heterocycles. The second-order valence-electron chi connectivity index (χ2n) is 3.54. The van der Waals surface area contributed by atoms with E-state index in [9.17, 15) is 14.9 Å². The maximum absolute atomic E-state index is 11.0. The summed E-state index contributed by atoms with van der Waals surface area (Å²) in [6.07, 6.45) is 0. The van der Waals surface area contributed by atoms with Gasteiger partial charge < -0.3 is 9.73 Å². The third kappa shape index (κ3) is 2.53. The molecule has 0 bridgehead atoms. The zero-order valence-electron chi connectivity index (χ0n) is 9.60. The van der Waals surface area contributed by atoms with Crippen LogP contribution in [0.15, 0.2) is 21.5 Å². The van der Waals surface area contributed by atoms with Gasteiger partial charge in [0.15, 0.2) is 15.9 Å². The summed E-state index contributed by atoms with van der Waals surface area (Å²) in [5.74, 6) is 0.111. The van der Waals surface area contributed by atoms with Gasteiger partial charge in [-0.15, -0.1) is 10.2 Å². The van der Waals surface area contributed by atoms with Crippen molar-refractivity contribution < 1.29 is 14.1 Å². The van der Waals surface area contributed by atoms with Crippen molar-refractivity contribution in [1.82, 2.24) is 15.5 Å². The molecule has 0 aliphatic carbocycles. The highest BCUT2D eigenvalue weighted by Gasteiger charge is 2.19. The van der Waals surface area contributed by atoms with Gasteiger partial charge >= 0.3 is 5.88 Å². The number of amidine groups is 1. The summed E-state index contributed by atoms with van der Waals surface area (Å²) in [7, 11) is 0. The minimum absolute atomic E-state index is 0.111. The molecule has 1 amide bonds. The van der Waals surface area contributed by atoms with Crippen molar-refractivity contribution >= 4 is 45.2 Å². The van der Waals surface area contributed by atoms with E-state index in [0.29, 0.717) is 21.1 Å². The number of nitrogens with one attached hydrogen (secondary N) is 1. The number of nitro groups is 1. The summed E-state index contributed by atoms with van der Waals surface area (Å²) >= 11 is 2.38. The molecule has 1 fully saturated rings. The Morgan fingerprint density at radius 1 is 1.45 bits per heavy atom. The first-order chi connectivity index (χ1) is 9.61. The molecule has 0 atom stereocenters. The average molecular weight is 311 g/mol. The van der Waals surface area contributed by atoms with Crippen LogP contribution in [0.2, 0.25) is 0 Å². The SMILES string of the molecule is O=C1CSC(=Nc2nnc(-c3ccc([N+](=O)[O-])o3)s2)N1. The van der Waals surface area contributed by atoms with Crippen LogP contribution in [-0.4, -0.2) is 31.9 Å². The summed E-state index contributed by atoms with van der Waals surface area (Å²) < 4.78 is 5.02. The number of carbonyl (C=O) groups is 1. The van der Waals surface area contributed by atoms with Gasteiger partial charge in [-0.25, -0.2) is 0 Å². The number of amides is 1. The van der Waals surface area contributed by atoms with Crippen LogP contribution in [0, 0.1) is 10.1 Å². The number of thioether (sulfide) groups is 1. The van der Waals surface area contributed by atoms with E-state index in [-0.39, 0.29) is 17.6 Å². The van der Waals surface area contributed by atoms with Gasteiger partial charge in [-0.2, -0.15) is 4.99 Å². The topological polar surface area (TPSA) is 124 Å². The molecule has 1 aliphatic heterocycles. The monoisotopic (exact) mass is 311 g/mol. The third-order valence-electron chi connectivity index (χ3n) is 2.18. The van der Waals surface area contributed by atoms with Crippen molar-refractivity contribution in [3.8, 4) is 10.8 Å². The van der Waals surface area contributed by atoms with Crippen LogP contribution in [0.25, 0.3) is 10.8 Å². The quantitative estimate of drug-likeness (QED) is 0.673. The predicted octanol–water partition coefficient (Wildman–Crippen LogP) is 1.56. The minimum Gasteiger partial charge on any atom is -0.398 e. The number of rotatable bonds is 3. The molecular formula is C9H5N5O4S2. The zero-order valence-corrected chi connectivity index (χ0v) is 11.2. The highest BCUT2D eigenvalue weighted by Crippen LogP contribution is 2.31. The molecule has 11 heteroatoms. The van der Waals surface area contributed by atoms with Crippen molar-refractivity contribution in [1.29, 1.82) is 0 Å². The Morgan fingerprint density at radius 3 is 2.95 bits per heavy atom. The van der Waals surface area contributed by atoms with Gasteiger partial charge in [0.1, 0.15) is 4.92 Å². The van der Waals surface area contributed by atoms with Gasteiger partial charge in [0.2, 0.25) is 11.0 Å². The average Bonchev–Trinajstić information content (AvgIpc) is 3.10. The molecule has 0 spiro atoms. The van der Waals surface area contributed by atoms with E-state index in [1.54, 1.807) is 0 Å². The van der Waals surface area contributed by atoms with E-state index >= 15 is 0 Å². The fourth-order valence-corrected chi connectivity index (χ4v) is 2.79. The van der Waals surface area contributed by atoms with Crippen LogP contribution in [0.3, 0.4) is 0 Å². The number of aliphatic imine (C=N–C) groups is 1. The van der Waals surface area contributed by atoms with Crippen molar-refractivity contribution in [2.75, 3.05) is 5.75 Å². The molecule has 1 saturated heterocycles. The van der Waals surface area contributed by atoms with Crippen molar-refractivity contribution in [3.05, 3.63) is 22.2 Å². The molecule has 3 heterocycles. The minimum atomic E-state index is -0.629. The van der Waals surface area contributed by atoms with Crippen LogP contribution in [0.1, 0.15) is 0 Å². The summed E-state index contributed by atoms with van der Waals surface area (Å²) in [6, 6.07) is 2.69. The molecule has 0 unspecified atom stereocenters. The van der Waals surface area contributed by atoms with Gasteiger partial charge in [0.25, 0.3) is 0 Å². The lowest BCUT2D eigenvalue weighted by atomic mass is 10.5. The summed E-state index contributed by atoms with van der Waals surface area (Å²) in [4.78, 5) is 25.0. The Labute approximate surface area is 119 Å². The molecule has 0 saturated carbocycles. The summed E-state index contributed by atoms with van der Waals surface area (Å²) in [5.41, 5.74) is 0. The Morgan fingerprint density at radius 2 is 2.30 bits per heavy atom. The van der Waals surface area contributed by atoms with E-state index in [1.165, 1.54) is 23.9 Å². The largest absolute Gasteiger partial charge is 0.433 e. The summed E-state index contributed by atoms with van der Waals surface area (Å²) in [6.45, 7) is 0.